The summed E-state index contributed by atoms with van der Waals surface area (Å²) in [4.78, 5) is 4.77. The highest BCUT2D eigenvalue weighted by atomic mass is 79.9. The van der Waals surface area contributed by atoms with Crippen LogP contribution in [-0.2, 0) is 0 Å². The first-order chi connectivity index (χ1) is 8.52. The summed E-state index contributed by atoms with van der Waals surface area (Å²) in [7, 11) is 0. The van der Waals surface area contributed by atoms with Gasteiger partial charge in [0.05, 0.1) is 5.52 Å². The lowest BCUT2D eigenvalue weighted by atomic mass is 10.0. The van der Waals surface area contributed by atoms with E-state index in [-0.39, 0.29) is 0 Å². The Hall–Kier alpha value is -1.09. The van der Waals surface area contributed by atoms with Crippen LogP contribution >= 0.6 is 15.9 Å². The summed E-state index contributed by atoms with van der Waals surface area (Å²) in [6.45, 7) is 9.49. The molecule has 0 bridgehead atoms. The third kappa shape index (κ3) is 2.51. The van der Waals surface area contributed by atoms with E-state index in [0.29, 0.717) is 5.92 Å². The van der Waals surface area contributed by atoms with Gasteiger partial charge in [0, 0.05) is 27.8 Å². The Bertz CT molecular complexity index is 576. The number of hydrogen-bond acceptors (Lipinski definition) is 2. The smallest absolute Gasteiger partial charge is 0.0868 e. The Morgan fingerprint density at radius 1 is 1.28 bits per heavy atom. The SMILES string of the molecule is CCNc1cc(C(C)C)nc2c(Br)cc(C)cc12. The number of aryl methyl sites for hydroxylation is 1. The van der Waals surface area contributed by atoms with Gasteiger partial charge in [-0.3, -0.25) is 4.98 Å². The summed E-state index contributed by atoms with van der Waals surface area (Å²) >= 11 is 3.63. The Morgan fingerprint density at radius 3 is 2.61 bits per heavy atom. The van der Waals surface area contributed by atoms with E-state index in [2.05, 4.69) is 67.1 Å². The summed E-state index contributed by atoms with van der Waals surface area (Å²) in [5.74, 6) is 0.431. The van der Waals surface area contributed by atoms with E-state index in [1.807, 2.05) is 0 Å². The van der Waals surface area contributed by atoms with Crippen molar-refractivity contribution in [1.29, 1.82) is 0 Å². The highest BCUT2D eigenvalue weighted by Crippen LogP contribution is 2.32. The fourth-order valence-electron chi connectivity index (χ4n) is 2.07. The molecule has 0 spiro atoms. The molecule has 96 valence electrons. The van der Waals surface area contributed by atoms with E-state index in [0.717, 1.165) is 22.2 Å². The normalized spacial score (nSPS) is 11.2. The summed E-state index contributed by atoms with van der Waals surface area (Å²) in [5.41, 5.74) is 4.59. The maximum absolute atomic E-state index is 4.77. The van der Waals surface area contributed by atoms with Crippen molar-refractivity contribution in [2.75, 3.05) is 11.9 Å². The minimum Gasteiger partial charge on any atom is -0.385 e. The van der Waals surface area contributed by atoms with E-state index in [9.17, 15) is 0 Å². The lowest BCUT2D eigenvalue weighted by molar-refractivity contribution is 0.830. The number of pyridine rings is 1. The molecule has 1 aromatic carbocycles. The van der Waals surface area contributed by atoms with Crippen molar-refractivity contribution in [2.24, 2.45) is 0 Å². The first-order valence-corrected chi connectivity index (χ1v) is 7.17. The molecule has 1 heterocycles. The van der Waals surface area contributed by atoms with Crippen LogP contribution in [0.4, 0.5) is 5.69 Å². The number of hydrogen-bond donors (Lipinski definition) is 1. The third-order valence-electron chi connectivity index (χ3n) is 2.99. The van der Waals surface area contributed by atoms with Gasteiger partial charge in [-0.2, -0.15) is 0 Å². The van der Waals surface area contributed by atoms with E-state index in [1.54, 1.807) is 0 Å². The van der Waals surface area contributed by atoms with Crippen molar-refractivity contribution in [3.05, 3.63) is 33.9 Å². The number of fused-ring (bicyclic) bond motifs is 1. The average molecular weight is 307 g/mol. The predicted molar refractivity (Wildman–Crippen MR) is 82.4 cm³/mol. The minimum atomic E-state index is 0.431. The second kappa shape index (κ2) is 5.27. The molecule has 0 aliphatic heterocycles. The number of halogens is 1. The quantitative estimate of drug-likeness (QED) is 0.876. The van der Waals surface area contributed by atoms with E-state index >= 15 is 0 Å². The number of aromatic nitrogens is 1. The van der Waals surface area contributed by atoms with E-state index in [1.165, 1.54) is 16.6 Å². The fourth-order valence-corrected chi connectivity index (χ4v) is 2.74. The Kier molecular flexibility index (Phi) is 3.91. The average Bonchev–Trinajstić information content (AvgIpc) is 2.29. The molecule has 1 N–H and O–H groups in total. The van der Waals surface area contributed by atoms with Crippen LogP contribution in [0.1, 0.15) is 37.9 Å². The lowest BCUT2D eigenvalue weighted by Crippen LogP contribution is -2.02. The second-order valence-corrected chi connectivity index (χ2v) is 5.78. The van der Waals surface area contributed by atoms with Crippen molar-refractivity contribution < 1.29 is 0 Å². The standard InChI is InChI=1S/C15H19BrN2/c1-5-17-14-8-13(9(2)3)18-15-11(14)6-10(4)7-12(15)16/h6-9H,5H2,1-4H3,(H,17,18). The topological polar surface area (TPSA) is 24.9 Å². The molecular formula is C15H19BrN2. The molecule has 0 fully saturated rings. The molecule has 2 rings (SSSR count). The monoisotopic (exact) mass is 306 g/mol. The number of rotatable bonds is 3. The molecule has 0 atom stereocenters. The molecule has 0 unspecified atom stereocenters. The van der Waals surface area contributed by atoms with E-state index in [4.69, 9.17) is 4.98 Å². The molecule has 18 heavy (non-hydrogen) atoms. The van der Waals surface area contributed by atoms with Gasteiger partial charge in [0.1, 0.15) is 0 Å². The predicted octanol–water partition coefficient (Wildman–Crippen LogP) is 4.86. The molecule has 0 radical (unpaired) electrons. The summed E-state index contributed by atoms with van der Waals surface area (Å²) < 4.78 is 1.07. The van der Waals surface area contributed by atoms with Gasteiger partial charge >= 0.3 is 0 Å². The number of anilines is 1. The summed E-state index contributed by atoms with van der Waals surface area (Å²) in [6, 6.07) is 6.48. The highest BCUT2D eigenvalue weighted by Gasteiger charge is 2.11. The zero-order chi connectivity index (χ0) is 13.3. The third-order valence-corrected chi connectivity index (χ3v) is 3.59. The largest absolute Gasteiger partial charge is 0.385 e. The maximum atomic E-state index is 4.77. The van der Waals surface area contributed by atoms with Gasteiger partial charge in [-0.15, -0.1) is 0 Å². The van der Waals surface area contributed by atoms with Crippen molar-refractivity contribution in [2.45, 2.75) is 33.6 Å². The van der Waals surface area contributed by atoms with Crippen LogP contribution in [0.15, 0.2) is 22.7 Å². The zero-order valence-electron chi connectivity index (χ0n) is 11.3. The molecule has 0 amide bonds. The first-order valence-electron chi connectivity index (χ1n) is 6.37. The number of nitrogens with one attached hydrogen (secondary N) is 1. The van der Waals surface area contributed by atoms with Gasteiger partial charge in [0.25, 0.3) is 0 Å². The molecule has 3 heteroatoms. The number of nitrogens with zero attached hydrogens (tertiary/aromatic N) is 1. The van der Waals surface area contributed by atoms with Gasteiger partial charge in [0.15, 0.2) is 0 Å². The van der Waals surface area contributed by atoms with Crippen molar-refractivity contribution in [3.63, 3.8) is 0 Å². The first kappa shape index (κ1) is 13.3. The van der Waals surface area contributed by atoms with Gasteiger partial charge in [-0.1, -0.05) is 13.8 Å². The maximum Gasteiger partial charge on any atom is 0.0868 e. The summed E-state index contributed by atoms with van der Waals surface area (Å²) in [6.07, 6.45) is 0. The van der Waals surface area contributed by atoms with Crippen LogP contribution in [0.25, 0.3) is 10.9 Å². The molecular weight excluding hydrogens is 288 g/mol. The Morgan fingerprint density at radius 2 is 2.00 bits per heavy atom. The van der Waals surface area contributed by atoms with Crippen LogP contribution in [-0.4, -0.2) is 11.5 Å². The molecule has 0 saturated carbocycles. The minimum absolute atomic E-state index is 0.431. The molecule has 0 saturated heterocycles. The molecule has 0 aliphatic carbocycles. The van der Waals surface area contributed by atoms with Crippen LogP contribution < -0.4 is 5.32 Å². The van der Waals surface area contributed by atoms with Gasteiger partial charge in [0.2, 0.25) is 0 Å². The van der Waals surface area contributed by atoms with Gasteiger partial charge in [-0.05, 0) is 59.5 Å². The van der Waals surface area contributed by atoms with E-state index < -0.39 is 0 Å². The Balaban J connectivity index is 2.76. The molecule has 0 aliphatic rings. The van der Waals surface area contributed by atoms with Crippen LogP contribution in [0.5, 0.6) is 0 Å². The molecule has 2 nitrogen and oxygen atoms in total. The second-order valence-electron chi connectivity index (χ2n) is 4.92. The van der Waals surface area contributed by atoms with Crippen LogP contribution in [0, 0.1) is 6.92 Å². The fraction of sp³-hybridized carbons (Fsp3) is 0.400. The van der Waals surface area contributed by atoms with Crippen molar-refractivity contribution in [3.8, 4) is 0 Å². The van der Waals surface area contributed by atoms with Crippen LogP contribution in [0.2, 0.25) is 0 Å². The van der Waals surface area contributed by atoms with Crippen LogP contribution in [0.3, 0.4) is 0 Å². The Labute approximate surface area is 117 Å². The highest BCUT2D eigenvalue weighted by molar-refractivity contribution is 9.10. The van der Waals surface area contributed by atoms with Gasteiger partial charge < -0.3 is 5.32 Å². The van der Waals surface area contributed by atoms with Crippen molar-refractivity contribution in [1.82, 2.24) is 4.98 Å². The lowest BCUT2D eigenvalue weighted by Gasteiger charge is -2.14. The number of benzene rings is 1. The molecule has 2 aromatic rings. The van der Waals surface area contributed by atoms with Gasteiger partial charge in [-0.25, -0.2) is 0 Å². The molecule has 1 aromatic heterocycles. The summed E-state index contributed by atoms with van der Waals surface area (Å²) in [5, 5.41) is 4.63. The zero-order valence-corrected chi connectivity index (χ0v) is 12.9. The van der Waals surface area contributed by atoms with Crippen molar-refractivity contribution >= 4 is 32.5 Å².